The maximum absolute atomic E-state index is 12.2. The van der Waals surface area contributed by atoms with E-state index in [1.54, 1.807) is 30.5 Å². The van der Waals surface area contributed by atoms with E-state index in [-0.39, 0.29) is 24.6 Å². The van der Waals surface area contributed by atoms with Crippen molar-refractivity contribution in [3.8, 4) is 0 Å². The smallest absolute Gasteiger partial charge is 0.262 e. The first kappa shape index (κ1) is 18.2. The predicted octanol–water partition coefficient (Wildman–Crippen LogP) is -1.88. The molecule has 0 atom stereocenters. The highest BCUT2D eigenvalue weighted by atomic mass is 35.5. The lowest BCUT2D eigenvalue weighted by Crippen LogP contribution is -3.00. The average Bonchev–Trinajstić information content (AvgIpc) is 2.85. The maximum Gasteiger partial charge on any atom is 0.262 e. The van der Waals surface area contributed by atoms with Crippen LogP contribution < -0.4 is 21.7 Å². The van der Waals surface area contributed by atoms with E-state index in [0.717, 1.165) is 18.6 Å². The van der Waals surface area contributed by atoms with E-state index >= 15 is 0 Å². The first-order chi connectivity index (χ1) is 9.89. The SMILES string of the molecule is CC[n+]1cc[nH]c1CC(=O)c1ccc(NS(C)(=O)=O)cc1.[Cl-]. The molecule has 0 saturated carbocycles. The Kier molecular flexibility index (Phi) is 6.13. The topological polar surface area (TPSA) is 82.9 Å². The highest BCUT2D eigenvalue weighted by molar-refractivity contribution is 7.92. The largest absolute Gasteiger partial charge is 1.00 e. The molecule has 0 aliphatic carbocycles. The van der Waals surface area contributed by atoms with Crippen LogP contribution in [0, 0.1) is 0 Å². The van der Waals surface area contributed by atoms with Crippen LogP contribution in [0.3, 0.4) is 0 Å². The molecule has 1 aromatic heterocycles. The van der Waals surface area contributed by atoms with Gasteiger partial charge in [-0.25, -0.2) is 18.0 Å². The molecule has 0 spiro atoms. The molecule has 8 heteroatoms. The number of halogens is 1. The molecule has 6 nitrogen and oxygen atoms in total. The Bertz CT molecular complexity index is 739. The summed E-state index contributed by atoms with van der Waals surface area (Å²) in [6.45, 7) is 2.80. The van der Waals surface area contributed by atoms with Gasteiger partial charge in [-0.2, -0.15) is 0 Å². The van der Waals surface area contributed by atoms with E-state index in [1.165, 1.54) is 0 Å². The van der Waals surface area contributed by atoms with Crippen LogP contribution in [-0.2, 0) is 23.0 Å². The van der Waals surface area contributed by atoms with Crippen LogP contribution in [0.2, 0.25) is 0 Å². The molecule has 0 aliphatic rings. The Morgan fingerprint density at radius 2 is 1.91 bits per heavy atom. The molecule has 0 radical (unpaired) electrons. The van der Waals surface area contributed by atoms with Gasteiger partial charge >= 0.3 is 0 Å². The summed E-state index contributed by atoms with van der Waals surface area (Å²) in [4.78, 5) is 15.3. The molecular weight excluding hydrogens is 326 g/mol. The van der Waals surface area contributed by atoms with E-state index in [0.29, 0.717) is 11.3 Å². The van der Waals surface area contributed by atoms with Gasteiger partial charge in [0.25, 0.3) is 5.82 Å². The number of aromatic amines is 1. The highest BCUT2D eigenvalue weighted by Gasteiger charge is 2.15. The second kappa shape index (κ2) is 7.42. The number of carbonyl (C=O) groups is 1. The maximum atomic E-state index is 12.2. The third-order valence-corrected chi connectivity index (χ3v) is 3.64. The Morgan fingerprint density at radius 1 is 1.27 bits per heavy atom. The number of aromatic nitrogens is 2. The first-order valence-corrected chi connectivity index (χ1v) is 8.45. The summed E-state index contributed by atoms with van der Waals surface area (Å²) in [5.41, 5.74) is 0.990. The lowest BCUT2D eigenvalue weighted by molar-refractivity contribution is -0.698. The molecule has 0 fully saturated rings. The quantitative estimate of drug-likeness (QED) is 0.476. The molecule has 2 N–H and O–H groups in total. The Morgan fingerprint density at radius 3 is 2.45 bits per heavy atom. The van der Waals surface area contributed by atoms with Crippen LogP contribution in [0.4, 0.5) is 5.69 Å². The van der Waals surface area contributed by atoms with E-state index < -0.39 is 10.0 Å². The van der Waals surface area contributed by atoms with E-state index in [9.17, 15) is 13.2 Å². The average molecular weight is 344 g/mol. The lowest BCUT2D eigenvalue weighted by Gasteiger charge is -2.04. The summed E-state index contributed by atoms with van der Waals surface area (Å²) < 4.78 is 26.6. The zero-order chi connectivity index (χ0) is 15.5. The molecule has 0 saturated heterocycles. The summed E-state index contributed by atoms with van der Waals surface area (Å²) in [6.07, 6.45) is 5.05. The van der Waals surface area contributed by atoms with Gasteiger partial charge < -0.3 is 12.4 Å². The molecule has 1 heterocycles. The number of anilines is 1. The molecule has 0 unspecified atom stereocenters. The van der Waals surface area contributed by atoms with Crippen LogP contribution in [-0.4, -0.2) is 25.4 Å². The Labute approximate surface area is 136 Å². The van der Waals surface area contributed by atoms with Gasteiger partial charge in [0.15, 0.2) is 5.78 Å². The molecule has 2 aromatic rings. The fourth-order valence-corrected chi connectivity index (χ4v) is 2.60. The van der Waals surface area contributed by atoms with Crippen molar-refractivity contribution in [2.45, 2.75) is 19.9 Å². The predicted molar refractivity (Wildman–Crippen MR) is 79.6 cm³/mol. The molecule has 0 amide bonds. The number of carbonyl (C=O) groups excluding carboxylic acids is 1. The number of hydrogen-bond acceptors (Lipinski definition) is 3. The fraction of sp³-hybridized carbons (Fsp3) is 0.286. The summed E-state index contributed by atoms with van der Waals surface area (Å²) >= 11 is 0. The zero-order valence-electron chi connectivity index (χ0n) is 12.3. The minimum atomic E-state index is -3.30. The van der Waals surface area contributed by atoms with Gasteiger partial charge in [0.05, 0.1) is 12.8 Å². The van der Waals surface area contributed by atoms with Crippen LogP contribution in [0.1, 0.15) is 23.1 Å². The van der Waals surface area contributed by atoms with Crippen LogP contribution >= 0.6 is 0 Å². The van der Waals surface area contributed by atoms with Crippen molar-refractivity contribution in [1.29, 1.82) is 0 Å². The van der Waals surface area contributed by atoms with Gasteiger partial charge in [0.1, 0.15) is 18.8 Å². The number of nitrogens with one attached hydrogen (secondary N) is 2. The van der Waals surface area contributed by atoms with Crippen molar-refractivity contribution in [3.63, 3.8) is 0 Å². The summed E-state index contributed by atoms with van der Waals surface area (Å²) in [7, 11) is -3.30. The van der Waals surface area contributed by atoms with E-state index in [4.69, 9.17) is 0 Å². The van der Waals surface area contributed by atoms with Gasteiger partial charge in [0, 0.05) is 11.3 Å². The van der Waals surface area contributed by atoms with Gasteiger partial charge in [-0.05, 0) is 31.2 Å². The van der Waals surface area contributed by atoms with Crippen molar-refractivity contribution in [2.75, 3.05) is 11.0 Å². The number of sulfonamides is 1. The summed E-state index contributed by atoms with van der Waals surface area (Å²) in [5.74, 6) is 0.825. The molecule has 2 rings (SSSR count). The zero-order valence-corrected chi connectivity index (χ0v) is 13.9. The van der Waals surface area contributed by atoms with Gasteiger partial charge in [0.2, 0.25) is 10.0 Å². The lowest BCUT2D eigenvalue weighted by atomic mass is 10.1. The second-order valence-electron chi connectivity index (χ2n) is 4.74. The molecule has 1 aromatic carbocycles. The molecule has 0 aliphatic heterocycles. The van der Waals surface area contributed by atoms with E-state index in [2.05, 4.69) is 9.71 Å². The minimum Gasteiger partial charge on any atom is -1.00 e. The number of nitrogens with zero attached hydrogens (tertiary/aromatic N) is 1. The van der Waals surface area contributed by atoms with Crippen molar-refractivity contribution in [2.24, 2.45) is 0 Å². The second-order valence-corrected chi connectivity index (χ2v) is 6.49. The molecule has 120 valence electrons. The van der Waals surface area contributed by atoms with Crippen molar-refractivity contribution >= 4 is 21.5 Å². The molecular formula is C14H18ClN3O3S. The molecule has 0 bridgehead atoms. The fourth-order valence-electron chi connectivity index (χ4n) is 2.04. The highest BCUT2D eigenvalue weighted by Crippen LogP contribution is 2.12. The summed E-state index contributed by atoms with van der Waals surface area (Å²) in [6, 6.07) is 6.40. The number of ketones is 1. The number of aryl methyl sites for hydroxylation is 1. The van der Waals surface area contributed by atoms with Crippen molar-refractivity contribution in [3.05, 3.63) is 48.0 Å². The standard InChI is InChI=1S/C14H17N3O3S.ClH/c1-3-17-9-8-15-14(17)10-13(18)11-4-6-12(7-5-11)16-21(2,19)20;/h4-9H,3,10H2,1-2H3,(H,16,18);1H. The third kappa shape index (κ3) is 4.85. The van der Waals surface area contributed by atoms with Crippen LogP contribution in [0.25, 0.3) is 0 Å². The summed E-state index contributed by atoms with van der Waals surface area (Å²) in [5, 5.41) is 0. The van der Waals surface area contributed by atoms with Crippen LogP contribution in [0.15, 0.2) is 36.7 Å². The normalized spacial score (nSPS) is 10.8. The number of H-pyrrole nitrogens is 1. The van der Waals surface area contributed by atoms with Crippen molar-refractivity contribution < 1.29 is 30.2 Å². The van der Waals surface area contributed by atoms with Gasteiger partial charge in [-0.1, -0.05) is 0 Å². The Balaban J connectivity index is 0.00000242. The molecule has 22 heavy (non-hydrogen) atoms. The number of hydrogen-bond donors (Lipinski definition) is 2. The monoisotopic (exact) mass is 343 g/mol. The number of rotatable bonds is 6. The third-order valence-electron chi connectivity index (χ3n) is 3.03. The van der Waals surface area contributed by atoms with Gasteiger partial charge in [-0.3, -0.25) is 9.52 Å². The van der Waals surface area contributed by atoms with Crippen LogP contribution in [0.5, 0.6) is 0 Å². The van der Waals surface area contributed by atoms with Crippen molar-refractivity contribution in [1.82, 2.24) is 4.98 Å². The van der Waals surface area contributed by atoms with E-state index in [1.807, 2.05) is 17.7 Å². The number of Topliss-reactive ketones (excluding diaryl/α,β-unsaturated/α-hetero) is 1. The first-order valence-electron chi connectivity index (χ1n) is 6.56. The minimum absolute atomic E-state index is 0. The number of benzene rings is 1. The van der Waals surface area contributed by atoms with Gasteiger partial charge in [-0.15, -0.1) is 0 Å². The Hall–Kier alpha value is -1.86. The number of imidazole rings is 1.